The van der Waals surface area contributed by atoms with Crippen LogP contribution in [0, 0.1) is 0 Å². The van der Waals surface area contributed by atoms with Crippen molar-refractivity contribution in [2.45, 2.75) is 45.0 Å². The van der Waals surface area contributed by atoms with Crippen LogP contribution in [0.4, 0.5) is 13.2 Å². The van der Waals surface area contributed by atoms with Crippen molar-refractivity contribution in [2.75, 3.05) is 0 Å². The van der Waals surface area contributed by atoms with Crippen LogP contribution in [0.3, 0.4) is 0 Å². The van der Waals surface area contributed by atoms with E-state index < -0.39 is 42.1 Å². The molecule has 0 fully saturated rings. The number of alkyl halides is 3. The first-order valence-corrected chi connectivity index (χ1v) is 5.15. The summed E-state index contributed by atoms with van der Waals surface area (Å²) >= 11 is 0. The van der Waals surface area contributed by atoms with E-state index in [0.717, 1.165) is 0 Å². The number of carboxylic acid groups (broad SMARTS) is 1. The highest BCUT2D eigenvalue weighted by Gasteiger charge is 2.41. The molecule has 0 spiro atoms. The first-order chi connectivity index (χ1) is 8.33. The molecule has 0 radical (unpaired) electrons. The van der Waals surface area contributed by atoms with Gasteiger partial charge in [-0.05, 0) is 20.8 Å². The van der Waals surface area contributed by atoms with Crippen LogP contribution < -0.4 is 5.32 Å². The summed E-state index contributed by atoms with van der Waals surface area (Å²) < 4.78 is 40.6. The highest BCUT2D eigenvalue weighted by molar-refractivity contribution is 5.89. The van der Waals surface area contributed by atoms with E-state index in [1.54, 1.807) is 0 Å². The predicted octanol–water partition coefficient (Wildman–Crippen LogP) is 0.850. The molecule has 6 nitrogen and oxygen atoms in total. The lowest BCUT2D eigenvalue weighted by atomic mass is 10.1. The number of carbonyl (C=O) groups is 3. The Kier molecular flexibility index (Phi) is 5.34. The average molecular weight is 285 g/mol. The fourth-order valence-corrected chi connectivity index (χ4v) is 0.990. The van der Waals surface area contributed by atoms with Crippen molar-refractivity contribution in [3.05, 3.63) is 0 Å². The highest BCUT2D eigenvalue weighted by atomic mass is 19.4. The standard InChI is InChI=1S/C10H14F3NO5/c1-9(2,3)19-6(15)4-5(7(16)17)14-8(18)10(11,12)13/h5H,4H2,1-3H3,(H,14,18)(H,16,17)/t5-/m0/s1. The molecule has 0 aliphatic heterocycles. The van der Waals surface area contributed by atoms with Crippen molar-refractivity contribution in [2.24, 2.45) is 0 Å². The molecule has 0 unspecified atom stereocenters. The molecule has 0 aliphatic carbocycles. The third-order valence-corrected chi connectivity index (χ3v) is 1.65. The number of carboxylic acids is 1. The number of halogens is 3. The summed E-state index contributed by atoms with van der Waals surface area (Å²) in [4.78, 5) is 32.6. The number of rotatable bonds is 4. The zero-order chi connectivity index (χ0) is 15.4. The van der Waals surface area contributed by atoms with Gasteiger partial charge in [-0.3, -0.25) is 9.59 Å². The van der Waals surface area contributed by atoms with Crippen LogP contribution in [0.2, 0.25) is 0 Å². The largest absolute Gasteiger partial charge is 0.480 e. The van der Waals surface area contributed by atoms with Crippen molar-refractivity contribution in [1.82, 2.24) is 5.32 Å². The van der Waals surface area contributed by atoms with Crippen LogP contribution in [0.15, 0.2) is 0 Å². The monoisotopic (exact) mass is 285 g/mol. The molecule has 19 heavy (non-hydrogen) atoms. The molecular formula is C10H14F3NO5. The zero-order valence-electron chi connectivity index (χ0n) is 10.5. The Labute approximate surface area is 106 Å². The van der Waals surface area contributed by atoms with Crippen molar-refractivity contribution >= 4 is 17.8 Å². The summed E-state index contributed by atoms with van der Waals surface area (Å²) in [5.41, 5.74) is -0.909. The van der Waals surface area contributed by atoms with Gasteiger partial charge >= 0.3 is 24.0 Å². The van der Waals surface area contributed by atoms with Gasteiger partial charge in [-0.2, -0.15) is 13.2 Å². The lowest BCUT2D eigenvalue weighted by Gasteiger charge is -2.21. The summed E-state index contributed by atoms with van der Waals surface area (Å²) in [6.07, 6.45) is -6.12. The Morgan fingerprint density at radius 2 is 1.68 bits per heavy atom. The molecular weight excluding hydrogens is 271 g/mol. The smallest absolute Gasteiger partial charge is 0.471 e. The van der Waals surface area contributed by atoms with Gasteiger partial charge in [0.25, 0.3) is 0 Å². The van der Waals surface area contributed by atoms with E-state index in [-0.39, 0.29) is 0 Å². The van der Waals surface area contributed by atoms with Gasteiger partial charge in [0.05, 0.1) is 6.42 Å². The number of amides is 1. The van der Waals surface area contributed by atoms with Crippen molar-refractivity contribution in [3.8, 4) is 0 Å². The molecule has 0 saturated carbocycles. The van der Waals surface area contributed by atoms with Crippen molar-refractivity contribution < 1.29 is 37.4 Å². The molecule has 0 aromatic carbocycles. The van der Waals surface area contributed by atoms with Gasteiger partial charge in [-0.15, -0.1) is 0 Å². The van der Waals surface area contributed by atoms with E-state index >= 15 is 0 Å². The second-order valence-corrected chi connectivity index (χ2v) is 4.65. The Balaban J connectivity index is 4.65. The van der Waals surface area contributed by atoms with Crippen LogP contribution >= 0.6 is 0 Å². The average Bonchev–Trinajstić information content (AvgIpc) is 2.11. The number of hydrogen-bond donors (Lipinski definition) is 2. The quantitative estimate of drug-likeness (QED) is 0.747. The van der Waals surface area contributed by atoms with Gasteiger partial charge in [0, 0.05) is 0 Å². The molecule has 1 atom stereocenters. The minimum atomic E-state index is -5.22. The maximum atomic E-state index is 12.0. The Hall–Kier alpha value is -1.80. The molecule has 0 heterocycles. The summed E-state index contributed by atoms with van der Waals surface area (Å²) in [6.45, 7) is 4.53. The number of esters is 1. The van der Waals surface area contributed by atoms with Gasteiger partial charge in [0.2, 0.25) is 0 Å². The highest BCUT2D eigenvalue weighted by Crippen LogP contribution is 2.15. The van der Waals surface area contributed by atoms with Crippen LogP contribution in [-0.4, -0.2) is 40.8 Å². The molecule has 1 amide bonds. The fraction of sp³-hybridized carbons (Fsp3) is 0.700. The molecule has 0 aromatic heterocycles. The molecule has 9 heteroatoms. The number of hydrogen-bond acceptors (Lipinski definition) is 4. The maximum absolute atomic E-state index is 12.0. The number of aliphatic carboxylic acids is 1. The minimum Gasteiger partial charge on any atom is -0.480 e. The van der Waals surface area contributed by atoms with Gasteiger partial charge in [0.1, 0.15) is 11.6 Å². The van der Waals surface area contributed by atoms with E-state index in [1.807, 2.05) is 0 Å². The summed E-state index contributed by atoms with van der Waals surface area (Å²) in [5, 5.41) is 9.85. The third-order valence-electron chi connectivity index (χ3n) is 1.65. The number of nitrogens with one attached hydrogen (secondary N) is 1. The normalized spacial score (nSPS) is 13.6. The van der Waals surface area contributed by atoms with E-state index in [2.05, 4.69) is 0 Å². The summed E-state index contributed by atoms with van der Waals surface area (Å²) in [7, 11) is 0. The van der Waals surface area contributed by atoms with Gasteiger partial charge in [-0.1, -0.05) is 0 Å². The molecule has 0 rings (SSSR count). The van der Waals surface area contributed by atoms with Gasteiger partial charge in [0.15, 0.2) is 0 Å². The SMILES string of the molecule is CC(C)(C)OC(=O)C[C@H](NC(=O)C(F)(F)F)C(=O)O. The lowest BCUT2D eigenvalue weighted by Crippen LogP contribution is -2.48. The van der Waals surface area contributed by atoms with E-state index in [0.29, 0.717) is 0 Å². The lowest BCUT2D eigenvalue weighted by molar-refractivity contribution is -0.176. The Bertz CT molecular complexity index is 372. The molecule has 0 aliphatic rings. The number of carbonyl (C=O) groups excluding carboxylic acids is 2. The molecule has 2 N–H and O–H groups in total. The topological polar surface area (TPSA) is 92.7 Å². The number of ether oxygens (including phenoxy) is 1. The van der Waals surface area contributed by atoms with Crippen LogP contribution in [0.1, 0.15) is 27.2 Å². The van der Waals surface area contributed by atoms with Crippen molar-refractivity contribution in [3.63, 3.8) is 0 Å². The maximum Gasteiger partial charge on any atom is 0.471 e. The van der Waals surface area contributed by atoms with Gasteiger partial charge in [-0.25, -0.2) is 4.79 Å². The van der Waals surface area contributed by atoms with Crippen molar-refractivity contribution in [1.29, 1.82) is 0 Å². The van der Waals surface area contributed by atoms with E-state index in [9.17, 15) is 27.6 Å². The molecule has 0 aromatic rings. The van der Waals surface area contributed by atoms with Gasteiger partial charge < -0.3 is 15.2 Å². The van der Waals surface area contributed by atoms with Crippen LogP contribution in [0.25, 0.3) is 0 Å². The third kappa shape index (κ3) is 7.27. The zero-order valence-corrected chi connectivity index (χ0v) is 10.5. The van der Waals surface area contributed by atoms with Crippen LogP contribution in [-0.2, 0) is 19.1 Å². The first-order valence-electron chi connectivity index (χ1n) is 5.15. The predicted molar refractivity (Wildman–Crippen MR) is 56.1 cm³/mol. The molecule has 0 bridgehead atoms. The molecule has 0 saturated heterocycles. The second-order valence-electron chi connectivity index (χ2n) is 4.65. The summed E-state index contributed by atoms with van der Waals surface area (Å²) in [6, 6.07) is -2.00. The second kappa shape index (κ2) is 5.89. The minimum absolute atomic E-state index is 0.894. The first kappa shape index (κ1) is 17.2. The van der Waals surface area contributed by atoms with E-state index in [4.69, 9.17) is 9.84 Å². The molecule has 110 valence electrons. The summed E-state index contributed by atoms with van der Waals surface area (Å²) in [5.74, 6) is -5.21. The Morgan fingerprint density at radius 1 is 1.21 bits per heavy atom. The van der Waals surface area contributed by atoms with E-state index in [1.165, 1.54) is 26.1 Å². The Morgan fingerprint density at radius 3 is 2.00 bits per heavy atom. The van der Waals surface area contributed by atoms with Crippen LogP contribution in [0.5, 0.6) is 0 Å². The fourth-order valence-electron chi connectivity index (χ4n) is 0.990.